The van der Waals surface area contributed by atoms with Crippen molar-refractivity contribution >= 4 is 27.3 Å². The largest absolute Gasteiger partial charge is 0.379 e. The molecule has 0 radical (unpaired) electrons. The zero-order valence-corrected chi connectivity index (χ0v) is 15.5. The summed E-state index contributed by atoms with van der Waals surface area (Å²) in [6.07, 6.45) is 1.17. The molecule has 1 aliphatic heterocycles. The minimum absolute atomic E-state index is 0.841. The van der Waals surface area contributed by atoms with Gasteiger partial charge in [0.15, 0.2) is 0 Å². The van der Waals surface area contributed by atoms with E-state index in [2.05, 4.69) is 43.7 Å². The Balaban J connectivity index is 1.39. The minimum Gasteiger partial charge on any atom is -0.379 e. The molecule has 0 unspecified atom stereocenters. The lowest BCUT2D eigenvalue weighted by Crippen LogP contribution is -2.37. The van der Waals surface area contributed by atoms with E-state index in [0.717, 1.165) is 61.1 Å². The molecule has 0 spiro atoms. The van der Waals surface area contributed by atoms with Crippen LogP contribution in [-0.2, 0) is 11.3 Å². The van der Waals surface area contributed by atoms with Crippen molar-refractivity contribution in [2.24, 2.45) is 0 Å². The SMILES string of the molecule is Brc1cccc(-c2nc(CNCCCN3CCOCC3)cs2)c1. The third kappa shape index (κ3) is 5.36. The number of nitrogens with zero attached hydrogens (tertiary/aromatic N) is 2. The Morgan fingerprint density at radius 1 is 1.30 bits per heavy atom. The number of morpholine rings is 1. The van der Waals surface area contributed by atoms with Gasteiger partial charge in [0.25, 0.3) is 0 Å². The van der Waals surface area contributed by atoms with Gasteiger partial charge in [0.1, 0.15) is 5.01 Å². The number of rotatable bonds is 7. The fourth-order valence-electron chi connectivity index (χ4n) is 2.61. The van der Waals surface area contributed by atoms with E-state index in [9.17, 15) is 0 Å². The van der Waals surface area contributed by atoms with Crippen LogP contribution in [0.2, 0.25) is 0 Å². The van der Waals surface area contributed by atoms with Gasteiger partial charge >= 0.3 is 0 Å². The quantitative estimate of drug-likeness (QED) is 0.729. The first-order chi connectivity index (χ1) is 11.3. The highest BCUT2D eigenvalue weighted by molar-refractivity contribution is 9.10. The molecule has 2 heterocycles. The molecular formula is C17H22BrN3OS. The van der Waals surface area contributed by atoms with Crippen molar-refractivity contribution in [3.8, 4) is 10.6 Å². The van der Waals surface area contributed by atoms with Crippen LogP contribution < -0.4 is 5.32 Å². The predicted molar refractivity (Wildman–Crippen MR) is 98.8 cm³/mol. The second kappa shape index (κ2) is 8.89. The van der Waals surface area contributed by atoms with Gasteiger partial charge in [-0.1, -0.05) is 28.1 Å². The van der Waals surface area contributed by atoms with E-state index < -0.39 is 0 Å². The number of halogens is 1. The van der Waals surface area contributed by atoms with Crippen LogP contribution in [-0.4, -0.2) is 49.3 Å². The average molecular weight is 396 g/mol. The first-order valence-electron chi connectivity index (χ1n) is 8.02. The van der Waals surface area contributed by atoms with Crippen LogP contribution in [0.1, 0.15) is 12.1 Å². The van der Waals surface area contributed by atoms with E-state index in [-0.39, 0.29) is 0 Å². The van der Waals surface area contributed by atoms with Gasteiger partial charge < -0.3 is 10.1 Å². The lowest BCUT2D eigenvalue weighted by Gasteiger charge is -2.26. The molecule has 0 aliphatic carbocycles. The van der Waals surface area contributed by atoms with Crippen molar-refractivity contribution in [3.05, 3.63) is 39.8 Å². The van der Waals surface area contributed by atoms with Crippen LogP contribution in [0.25, 0.3) is 10.6 Å². The molecule has 1 aliphatic rings. The fraction of sp³-hybridized carbons (Fsp3) is 0.471. The predicted octanol–water partition coefficient (Wildman–Crippen LogP) is 3.38. The summed E-state index contributed by atoms with van der Waals surface area (Å²) >= 11 is 5.21. The molecule has 1 N–H and O–H groups in total. The Morgan fingerprint density at radius 3 is 3.00 bits per heavy atom. The molecule has 6 heteroatoms. The van der Waals surface area contributed by atoms with Crippen molar-refractivity contribution in [1.29, 1.82) is 0 Å². The monoisotopic (exact) mass is 395 g/mol. The van der Waals surface area contributed by atoms with E-state index in [1.165, 1.54) is 12.0 Å². The molecule has 0 saturated carbocycles. The molecule has 1 aromatic heterocycles. The van der Waals surface area contributed by atoms with Crippen molar-refractivity contribution in [2.45, 2.75) is 13.0 Å². The second-order valence-electron chi connectivity index (χ2n) is 5.64. The van der Waals surface area contributed by atoms with E-state index in [0.29, 0.717) is 0 Å². The van der Waals surface area contributed by atoms with Gasteiger partial charge in [-0.15, -0.1) is 11.3 Å². The van der Waals surface area contributed by atoms with E-state index in [1.807, 2.05) is 12.1 Å². The van der Waals surface area contributed by atoms with Crippen LogP contribution >= 0.6 is 27.3 Å². The molecule has 124 valence electrons. The maximum atomic E-state index is 5.36. The van der Waals surface area contributed by atoms with Gasteiger partial charge in [0.05, 0.1) is 18.9 Å². The highest BCUT2D eigenvalue weighted by atomic mass is 79.9. The summed E-state index contributed by atoms with van der Waals surface area (Å²) in [4.78, 5) is 7.19. The topological polar surface area (TPSA) is 37.4 Å². The Labute approximate surface area is 150 Å². The van der Waals surface area contributed by atoms with Crippen molar-refractivity contribution in [2.75, 3.05) is 39.4 Å². The van der Waals surface area contributed by atoms with Gasteiger partial charge in [0, 0.05) is 35.1 Å². The molecule has 1 saturated heterocycles. The Kier molecular flexibility index (Phi) is 6.59. The number of benzene rings is 1. The lowest BCUT2D eigenvalue weighted by atomic mass is 10.2. The molecule has 0 amide bonds. The van der Waals surface area contributed by atoms with Gasteiger partial charge in [0.2, 0.25) is 0 Å². The summed E-state index contributed by atoms with van der Waals surface area (Å²) in [5.74, 6) is 0. The summed E-state index contributed by atoms with van der Waals surface area (Å²) in [5.41, 5.74) is 2.29. The molecule has 0 atom stereocenters. The molecule has 1 aromatic carbocycles. The average Bonchev–Trinajstić information content (AvgIpc) is 3.04. The van der Waals surface area contributed by atoms with Gasteiger partial charge in [-0.3, -0.25) is 4.90 Å². The highest BCUT2D eigenvalue weighted by Crippen LogP contribution is 2.26. The van der Waals surface area contributed by atoms with E-state index in [4.69, 9.17) is 9.72 Å². The smallest absolute Gasteiger partial charge is 0.123 e. The highest BCUT2D eigenvalue weighted by Gasteiger charge is 2.09. The van der Waals surface area contributed by atoms with Crippen LogP contribution in [0.3, 0.4) is 0 Å². The first kappa shape index (κ1) is 17.0. The Morgan fingerprint density at radius 2 is 2.17 bits per heavy atom. The number of hydrogen-bond donors (Lipinski definition) is 1. The normalized spacial score (nSPS) is 15.9. The van der Waals surface area contributed by atoms with E-state index in [1.54, 1.807) is 11.3 Å². The summed E-state index contributed by atoms with van der Waals surface area (Å²) in [7, 11) is 0. The molecule has 3 rings (SSSR count). The summed E-state index contributed by atoms with van der Waals surface area (Å²) in [5, 5.41) is 6.72. The summed E-state index contributed by atoms with van der Waals surface area (Å²) in [6.45, 7) is 6.92. The summed E-state index contributed by atoms with van der Waals surface area (Å²) in [6, 6.07) is 8.29. The van der Waals surface area contributed by atoms with Gasteiger partial charge in [-0.05, 0) is 31.6 Å². The third-order valence-corrected chi connectivity index (χ3v) is 5.29. The zero-order valence-electron chi connectivity index (χ0n) is 13.1. The maximum Gasteiger partial charge on any atom is 0.123 e. The zero-order chi connectivity index (χ0) is 15.9. The van der Waals surface area contributed by atoms with Crippen LogP contribution in [0.5, 0.6) is 0 Å². The van der Waals surface area contributed by atoms with Crippen LogP contribution in [0, 0.1) is 0 Å². The molecule has 1 fully saturated rings. The molecular weight excluding hydrogens is 374 g/mol. The Bertz CT molecular complexity index is 613. The van der Waals surface area contributed by atoms with E-state index >= 15 is 0 Å². The number of aromatic nitrogens is 1. The fourth-order valence-corrected chi connectivity index (χ4v) is 3.83. The molecule has 4 nitrogen and oxygen atoms in total. The number of nitrogens with one attached hydrogen (secondary N) is 1. The lowest BCUT2D eigenvalue weighted by molar-refractivity contribution is 0.0374. The second-order valence-corrected chi connectivity index (χ2v) is 7.41. The first-order valence-corrected chi connectivity index (χ1v) is 9.70. The van der Waals surface area contributed by atoms with Gasteiger partial charge in [-0.25, -0.2) is 4.98 Å². The molecule has 0 bridgehead atoms. The van der Waals surface area contributed by atoms with Crippen molar-refractivity contribution in [3.63, 3.8) is 0 Å². The van der Waals surface area contributed by atoms with Gasteiger partial charge in [-0.2, -0.15) is 0 Å². The molecule has 23 heavy (non-hydrogen) atoms. The van der Waals surface area contributed by atoms with Crippen molar-refractivity contribution < 1.29 is 4.74 Å². The number of thiazole rings is 1. The maximum absolute atomic E-state index is 5.36. The van der Waals surface area contributed by atoms with Crippen LogP contribution in [0.15, 0.2) is 34.1 Å². The van der Waals surface area contributed by atoms with Crippen molar-refractivity contribution in [1.82, 2.24) is 15.2 Å². The standard InChI is InChI=1S/C17H22BrN3OS/c18-15-4-1-3-14(11-15)17-20-16(13-23-17)12-19-5-2-6-21-7-9-22-10-8-21/h1,3-4,11,13,19H,2,5-10,12H2. The minimum atomic E-state index is 0.841. The Hall–Kier alpha value is -0.790. The number of hydrogen-bond acceptors (Lipinski definition) is 5. The summed E-state index contributed by atoms with van der Waals surface area (Å²) < 4.78 is 6.45. The third-order valence-electron chi connectivity index (χ3n) is 3.86. The molecule has 2 aromatic rings. The van der Waals surface area contributed by atoms with Crippen LogP contribution in [0.4, 0.5) is 0 Å². The number of ether oxygens (including phenoxy) is 1.